The highest BCUT2D eigenvalue weighted by Crippen LogP contribution is 2.09. The lowest BCUT2D eigenvalue weighted by molar-refractivity contribution is 0.573. The van der Waals surface area contributed by atoms with E-state index < -0.39 is 0 Å². The van der Waals surface area contributed by atoms with Crippen molar-refractivity contribution in [2.24, 2.45) is 0 Å². The average molecular weight is 216 g/mol. The molecule has 0 aliphatic heterocycles. The Morgan fingerprint density at radius 3 is 1.43 bits per heavy atom. The van der Waals surface area contributed by atoms with E-state index in [1.54, 1.807) is 0 Å². The minimum absolute atomic E-state index is 1.29. The zero-order valence-electron chi connectivity index (χ0n) is 10.1. The van der Waals surface area contributed by atoms with Crippen LogP contribution in [0, 0.1) is 0 Å². The number of unbranched alkanes of at least 4 members (excludes halogenated alkanes) is 8. The lowest BCUT2D eigenvalue weighted by Crippen LogP contribution is -1.81. The maximum Gasteiger partial charge on any atom is -0.0381 e. The van der Waals surface area contributed by atoms with Crippen LogP contribution in [-0.2, 0) is 0 Å². The van der Waals surface area contributed by atoms with Crippen molar-refractivity contribution in [2.45, 2.75) is 64.7 Å². The van der Waals surface area contributed by atoms with E-state index in [0.29, 0.717) is 0 Å². The average Bonchev–Trinajstić information content (AvgIpc) is 2.25. The Morgan fingerprint density at radius 1 is 0.714 bits per heavy atom. The van der Waals surface area contributed by atoms with E-state index >= 15 is 0 Å². The van der Waals surface area contributed by atoms with Crippen molar-refractivity contribution in [3.63, 3.8) is 0 Å². The minimum atomic E-state index is 1.29. The number of hydrogen-bond donors (Lipinski definition) is 0. The second kappa shape index (κ2) is 18.9. The summed E-state index contributed by atoms with van der Waals surface area (Å²) >= 11 is 0. The van der Waals surface area contributed by atoms with Crippen molar-refractivity contribution < 1.29 is 0 Å². The molecule has 1 heteroatoms. The first kappa shape index (κ1) is 16.6. The molecule has 0 aromatic rings. The first-order chi connectivity index (χ1) is 6.91. The van der Waals surface area contributed by atoms with Crippen LogP contribution in [0.3, 0.4) is 0 Å². The summed E-state index contributed by atoms with van der Waals surface area (Å²) in [7, 11) is 2.80. The molecule has 14 heavy (non-hydrogen) atoms. The normalized spacial score (nSPS) is 9.29. The van der Waals surface area contributed by atoms with Gasteiger partial charge in [-0.25, -0.2) is 0 Å². The van der Waals surface area contributed by atoms with Gasteiger partial charge in [-0.05, 0) is 12.6 Å². The third kappa shape index (κ3) is 18.1. The molecule has 0 saturated heterocycles. The highest BCUT2D eigenvalue weighted by molar-refractivity contribution is 7.16. The highest BCUT2D eigenvalue weighted by Gasteiger charge is 1.90. The SMILES string of the molecule is C=C.CCCCCCCCCCCP. The second-order valence-corrected chi connectivity index (χ2v) is 4.19. The molecule has 0 amide bonds. The van der Waals surface area contributed by atoms with Crippen LogP contribution in [-0.4, -0.2) is 6.16 Å². The quantitative estimate of drug-likeness (QED) is 0.282. The fourth-order valence-electron chi connectivity index (χ4n) is 1.45. The summed E-state index contributed by atoms with van der Waals surface area (Å²) in [5.74, 6) is 0. The standard InChI is InChI=1S/C11H25P.C2H4/c1-2-3-4-5-6-7-8-9-10-11-12;1-2/h2-12H2,1H3;1-2H2. The van der Waals surface area contributed by atoms with Gasteiger partial charge in [0, 0.05) is 0 Å². The van der Waals surface area contributed by atoms with Gasteiger partial charge in [-0.3, -0.25) is 0 Å². The number of hydrogen-bond acceptors (Lipinski definition) is 0. The largest absolute Gasteiger partial charge is 0.138 e. The van der Waals surface area contributed by atoms with Crippen molar-refractivity contribution >= 4 is 9.24 Å². The van der Waals surface area contributed by atoms with E-state index in [0.717, 1.165) is 0 Å². The molecule has 0 rings (SSSR count). The Morgan fingerprint density at radius 2 is 1.07 bits per heavy atom. The Hall–Kier alpha value is 0.170. The van der Waals surface area contributed by atoms with Crippen molar-refractivity contribution in [3.8, 4) is 0 Å². The van der Waals surface area contributed by atoms with E-state index in [1.165, 1.54) is 63.9 Å². The fraction of sp³-hybridized carbons (Fsp3) is 0.846. The predicted molar refractivity (Wildman–Crippen MR) is 73.1 cm³/mol. The molecule has 0 N–H and O–H groups in total. The Kier molecular flexibility index (Phi) is 22.4. The van der Waals surface area contributed by atoms with Crippen molar-refractivity contribution in [1.82, 2.24) is 0 Å². The summed E-state index contributed by atoms with van der Waals surface area (Å²) in [6.07, 6.45) is 14.3. The molecule has 0 radical (unpaired) electrons. The summed E-state index contributed by atoms with van der Waals surface area (Å²) in [5, 5.41) is 0. The second-order valence-electron chi connectivity index (χ2n) is 3.62. The summed E-state index contributed by atoms with van der Waals surface area (Å²) in [5.41, 5.74) is 0. The Balaban J connectivity index is 0. The maximum absolute atomic E-state index is 3.00. The summed E-state index contributed by atoms with van der Waals surface area (Å²) in [6.45, 7) is 8.28. The molecule has 0 aliphatic rings. The minimum Gasteiger partial charge on any atom is -0.138 e. The molecule has 0 saturated carbocycles. The third-order valence-electron chi connectivity index (χ3n) is 2.31. The Bertz CT molecular complexity index is 71.3. The smallest absolute Gasteiger partial charge is 0.0381 e. The lowest BCUT2D eigenvalue weighted by atomic mass is 10.1. The molecule has 1 atom stereocenters. The van der Waals surface area contributed by atoms with Gasteiger partial charge < -0.3 is 0 Å². The molecule has 1 unspecified atom stereocenters. The highest BCUT2D eigenvalue weighted by atomic mass is 31.0. The topological polar surface area (TPSA) is 0 Å². The van der Waals surface area contributed by atoms with E-state index in [9.17, 15) is 0 Å². The van der Waals surface area contributed by atoms with Gasteiger partial charge in [0.2, 0.25) is 0 Å². The van der Waals surface area contributed by atoms with Gasteiger partial charge in [0.15, 0.2) is 0 Å². The van der Waals surface area contributed by atoms with Crippen LogP contribution in [0.2, 0.25) is 0 Å². The zero-order valence-corrected chi connectivity index (χ0v) is 11.2. The summed E-state index contributed by atoms with van der Waals surface area (Å²) in [6, 6.07) is 0. The molecule has 0 aliphatic carbocycles. The molecule has 0 spiro atoms. The van der Waals surface area contributed by atoms with Gasteiger partial charge in [0.1, 0.15) is 0 Å². The maximum atomic E-state index is 3.00. The summed E-state index contributed by atoms with van der Waals surface area (Å²) < 4.78 is 0. The van der Waals surface area contributed by atoms with Crippen LogP contribution in [0.15, 0.2) is 13.2 Å². The van der Waals surface area contributed by atoms with Gasteiger partial charge in [-0.1, -0.05) is 58.3 Å². The van der Waals surface area contributed by atoms with Gasteiger partial charge in [-0.15, -0.1) is 22.4 Å². The molecule has 0 fully saturated rings. The van der Waals surface area contributed by atoms with E-state index in [1.807, 2.05) is 0 Å². The Labute approximate surface area is 93.8 Å². The van der Waals surface area contributed by atoms with Crippen LogP contribution >= 0.6 is 9.24 Å². The first-order valence-electron chi connectivity index (χ1n) is 6.12. The molecular weight excluding hydrogens is 187 g/mol. The van der Waals surface area contributed by atoms with E-state index in [4.69, 9.17) is 0 Å². The van der Waals surface area contributed by atoms with Gasteiger partial charge >= 0.3 is 0 Å². The van der Waals surface area contributed by atoms with Gasteiger partial charge in [-0.2, -0.15) is 0 Å². The molecular formula is C13H29P. The third-order valence-corrected chi connectivity index (χ3v) is 2.72. The van der Waals surface area contributed by atoms with Crippen molar-refractivity contribution in [1.29, 1.82) is 0 Å². The van der Waals surface area contributed by atoms with Crippen LogP contribution in [0.5, 0.6) is 0 Å². The van der Waals surface area contributed by atoms with Crippen molar-refractivity contribution in [3.05, 3.63) is 13.2 Å². The van der Waals surface area contributed by atoms with Gasteiger partial charge in [0.05, 0.1) is 0 Å². The summed E-state index contributed by atoms with van der Waals surface area (Å²) in [4.78, 5) is 0. The molecule has 0 nitrogen and oxygen atoms in total. The van der Waals surface area contributed by atoms with E-state index in [-0.39, 0.29) is 0 Å². The van der Waals surface area contributed by atoms with Crippen molar-refractivity contribution in [2.75, 3.05) is 6.16 Å². The van der Waals surface area contributed by atoms with Crippen LogP contribution in [0.1, 0.15) is 64.7 Å². The molecule has 0 aromatic heterocycles. The lowest BCUT2D eigenvalue weighted by Gasteiger charge is -1.99. The predicted octanol–water partition coefficient (Wildman–Crippen LogP) is 5.19. The first-order valence-corrected chi connectivity index (χ1v) is 6.93. The monoisotopic (exact) mass is 216 g/mol. The fourth-order valence-corrected chi connectivity index (χ4v) is 1.74. The van der Waals surface area contributed by atoms with Crippen LogP contribution < -0.4 is 0 Å². The molecule has 0 bridgehead atoms. The van der Waals surface area contributed by atoms with Gasteiger partial charge in [0.25, 0.3) is 0 Å². The number of rotatable bonds is 9. The molecule has 0 aromatic carbocycles. The molecule has 0 heterocycles. The zero-order chi connectivity index (χ0) is 11.1. The van der Waals surface area contributed by atoms with Crippen LogP contribution in [0.4, 0.5) is 0 Å². The molecule has 86 valence electrons. The van der Waals surface area contributed by atoms with E-state index in [2.05, 4.69) is 29.3 Å². The van der Waals surface area contributed by atoms with Crippen LogP contribution in [0.25, 0.3) is 0 Å².